The molecule has 0 atom stereocenters. The lowest BCUT2D eigenvalue weighted by molar-refractivity contribution is -0.139. The maximum atomic E-state index is 12.3. The highest BCUT2D eigenvalue weighted by Crippen LogP contribution is 2.37. The van der Waals surface area contributed by atoms with Crippen molar-refractivity contribution in [2.75, 3.05) is 19.8 Å². The number of thioether (sulfide) groups is 1. The second kappa shape index (κ2) is 9.26. The first-order chi connectivity index (χ1) is 12.4. The number of benzene rings is 1. The molecule has 0 bridgehead atoms. The molecule has 9 heteroatoms. The van der Waals surface area contributed by atoms with Gasteiger partial charge < -0.3 is 14.6 Å². The van der Waals surface area contributed by atoms with Crippen LogP contribution < -0.4 is 9.47 Å². The van der Waals surface area contributed by atoms with Gasteiger partial charge in [0.1, 0.15) is 0 Å². The first-order valence-electron chi connectivity index (χ1n) is 7.93. The number of aliphatic carboxylic acids is 1. The maximum absolute atomic E-state index is 12.3. The molecule has 2 rings (SSSR count). The molecule has 140 valence electrons. The number of hydrogen-bond acceptors (Lipinski definition) is 6. The lowest BCUT2D eigenvalue weighted by Crippen LogP contribution is -2.28. The van der Waals surface area contributed by atoms with E-state index in [1.807, 2.05) is 29.5 Å². The van der Waals surface area contributed by atoms with Gasteiger partial charge in [0.05, 0.1) is 15.1 Å². The molecule has 1 heterocycles. The standard InChI is InChI=1S/C17H18INO6S/c1-3-5-19-16(22)13(26-17(19)23)8-10-6-11(18)15(25-9-14(20)21)12(7-10)24-4-2/h6-8H,3-5,9H2,1-2H3,(H,20,21)/b13-8+. The van der Waals surface area contributed by atoms with E-state index >= 15 is 0 Å². The van der Waals surface area contributed by atoms with E-state index in [2.05, 4.69) is 0 Å². The molecule has 0 spiro atoms. The summed E-state index contributed by atoms with van der Waals surface area (Å²) in [5.41, 5.74) is 0.669. The second-order valence-electron chi connectivity index (χ2n) is 5.28. The van der Waals surface area contributed by atoms with Gasteiger partial charge in [0.2, 0.25) is 0 Å². The normalized spacial score (nSPS) is 15.7. The Morgan fingerprint density at radius 2 is 2.04 bits per heavy atom. The number of hydrogen-bond donors (Lipinski definition) is 1. The van der Waals surface area contributed by atoms with Crippen LogP contribution in [0.1, 0.15) is 25.8 Å². The lowest BCUT2D eigenvalue weighted by atomic mass is 10.2. The molecule has 1 N–H and O–H groups in total. The fourth-order valence-corrected chi connectivity index (χ4v) is 3.92. The monoisotopic (exact) mass is 491 g/mol. The molecule has 1 aliphatic heterocycles. The first kappa shape index (κ1) is 20.6. The van der Waals surface area contributed by atoms with Gasteiger partial charge >= 0.3 is 5.97 Å². The third-order valence-electron chi connectivity index (χ3n) is 3.29. The molecule has 0 aromatic heterocycles. The van der Waals surface area contributed by atoms with Crippen molar-refractivity contribution in [3.05, 3.63) is 26.2 Å². The molecule has 0 saturated carbocycles. The quantitative estimate of drug-likeness (QED) is 0.439. The Hall–Kier alpha value is -1.75. The van der Waals surface area contributed by atoms with Crippen molar-refractivity contribution in [3.63, 3.8) is 0 Å². The fraction of sp³-hybridized carbons (Fsp3) is 0.353. The van der Waals surface area contributed by atoms with Gasteiger partial charge in [-0.1, -0.05) is 6.92 Å². The summed E-state index contributed by atoms with van der Waals surface area (Å²) in [4.78, 5) is 36.6. The fourth-order valence-electron chi connectivity index (χ4n) is 2.28. The van der Waals surface area contributed by atoms with Crippen LogP contribution in [-0.4, -0.2) is 46.9 Å². The van der Waals surface area contributed by atoms with E-state index in [4.69, 9.17) is 14.6 Å². The summed E-state index contributed by atoms with van der Waals surface area (Å²) in [6.45, 7) is 3.99. The molecule has 7 nitrogen and oxygen atoms in total. The number of halogens is 1. The minimum absolute atomic E-state index is 0.274. The zero-order chi connectivity index (χ0) is 19.3. The highest BCUT2D eigenvalue weighted by atomic mass is 127. The molecule has 0 radical (unpaired) electrons. The molecular weight excluding hydrogens is 473 g/mol. The third-order valence-corrected chi connectivity index (χ3v) is 5.00. The topological polar surface area (TPSA) is 93.1 Å². The first-order valence-corrected chi connectivity index (χ1v) is 9.83. The van der Waals surface area contributed by atoms with Gasteiger partial charge in [-0.25, -0.2) is 4.79 Å². The Balaban J connectivity index is 2.34. The van der Waals surface area contributed by atoms with Crippen molar-refractivity contribution in [3.8, 4) is 11.5 Å². The van der Waals surface area contributed by atoms with Crippen molar-refractivity contribution in [2.45, 2.75) is 20.3 Å². The van der Waals surface area contributed by atoms with Crippen molar-refractivity contribution >= 4 is 57.5 Å². The van der Waals surface area contributed by atoms with Crippen LogP contribution in [0.4, 0.5) is 4.79 Å². The SMILES string of the molecule is CCCN1C(=O)S/C(=C/c2cc(I)c(OCC(=O)O)c(OCC)c2)C1=O. The molecule has 0 aliphatic carbocycles. The van der Waals surface area contributed by atoms with Crippen molar-refractivity contribution in [2.24, 2.45) is 0 Å². The summed E-state index contributed by atoms with van der Waals surface area (Å²) in [6, 6.07) is 3.41. The van der Waals surface area contributed by atoms with Gasteiger partial charge in [-0.15, -0.1) is 0 Å². The molecule has 1 saturated heterocycles. The number of carboxylic acids is 1. The zero-order valence-corrected chi connectivity index (χ0v) is 17.3. The molecular formula is C17H18INO6S. The van der Waals surface area contributed by atoms with E-state index in [0.29, 0.717) is 45.1 Å². The lowest BCUT2D eigenvalue weighted by Gasteiger charge is -2.13. The van der Waals surface area contributed by atoms with Crippen LogP contribution in [0.5, 0.6) is 11.5 Å². The molecule has 1 aliphatic rings. The predicted octanol–water partition coefficient (Wildman–Crippen LogP) is 3.60. The molecule has 1 aromatic rings. The molecule has 1 aromatic carbocycles. The predicted molar refractivity (Wildman–Crippen MR) is 106 cm³/mol. The number of ether oxygens (including phenoxy) is 2. The van der Waals surface area contributed by atoms with Crippen molar-refractivity contribution in [1.29, 1.82) is 0 Å². The van der Waals surface area contributed by atoms with Gasteiger partial charge in [0, 0.05) is 6.54 Å². The van der Waals surface area contributed by atoms with Crippen LogP contribution in [0.2, 0.25) is 0 Å². The summed E-state index contributed by atoms with van der Waals surface area (Å²) in [5, 5.41) is 8.52. The summed E-state index contributed by atoms with van der Waals surface area (Å²) < 4.78 is 11.5. The number of carboxylic acid groups (broad SMARTS) is 1. The second-order valence-corrected chi connectivity index (χ2v) is 7.43. The number of imide groups is 1. The third kappa shape index (κ3) is 4.91. The number of carbonyl (C=O) groups is 3. The number of amides is 2. The average Bonchev–Trinajstić information content (AvgIpc) is 2.82. The van der Waals surface area contributed by atoms with E-state index in [-0.39, 0.29) is 11.1 Å². The van der Waals surface area contributed by atoms with Gasteiger partial charge in [0.25, 0.3) is 11.1 Å². The largest absolute Gasteiger partial charge is 0.490 e. The Bertz CT molecular complexity index is 764. The van der Waals surface area contributed by atoms with Gasteiger partial charge in [-0.05, 0) is 71.5 Å². The van der Waals surface area contributed by atoms with Crippen LogP contribution in [0.25, 0.3) is 6.08 Å². The summed E-state index contributed by atoms with van der Waals surface area (Å²) in [7, 11) is 0. The van der Waals surface area contributed by atoms with Crippen LogP contribution in [0, 0.1) is 3.57 Å². The van der Waals surface area contributed by atoms with Crippen molar-refractivity contribution < 1.29 is 29.0 Å². The van der Waals surface area contributed by atoms with Gasteiger partial charge in [0.15, 0.2) is 18.1 Å². The van der Waals surface area contributed by atoms with Crippen LogP contribution in [0.15, 0.2) is 17.0 Å². The Kier molecular flexibility index (Phi) is 7.33. The zero-order valence-electron chi connectivity index (χ0n) is 14.3. The highest BCUT2D eigenvalue weighted by molar-refractivity contribution is 14.1. The van der Waals surface area contributed by atoms with E-state index < -0.39 is 12.6 Å². The van der Waals surface area contributed by atoms with E-state index in [9.17, 15) is 14.4 Å². The Morgan fingerprint density at radius 3 is 2.65 bits per heavy atom. The Morgan fingerprint density at radius 1 is 1.31 bits per heavy atom. The molecule has 26 heavy (non-hydrogen) atoms. The van der Waals surface area contributed by atoms with Crippen molar-refractivity contribution in [1.82, 2.24) is 4.90 Å². The molecule has 2 amide bonds. The smallest absolute Gasteiger partial charge is 0.341 e. The summed E-state index contributed by atoms with van der Waals surface area (Å²) in [5.74, 6) is -0.663. The van der Waals surface area contributed by atoms with Crippen LogP contribution in [0.3, 0.4) is 0 Å². The molecule has 1 fully saturated rings. The van der Waals surface area contributed by atoms with Gasteiger partial charge in [-0.2, -0.15) is 0 Å². The summed E-state index contributed by atoms with van der Waals surface area (Å²) in [6.07, 6.45) is 2.33. The number of carbonyl (C=O) groups excluding carboxylic acids is 2. The van der Waals surface area contributed by atoms with Crippen LogP contribution >= 0.6 is 34.4 Å². The van der Waals surface area contributed by atoms with E-state index in [1.54, 1.807) is 25.1 Å². The molecule has 0 unspecified atom stereocenters. The van der Waals surface area contributed by atoms with E-state index in [0.717, 1.165) is 11.8 Å². The maximum Gasteiger partial charge on any atom is 0.341 e. The number of rotatable bonds is 8. The minimum atomic E-state index is -1.09. The number of nitrogens with zero attached hydrogens (tertiary/aromatic N) is 1. The Labute approximate surface area is 168 Å². The average molecular weight is 491 g/mol. The van der Waals surface area contributed by atoms with E-state index in [1.165, 1.54) is 4.90 Å². The minimum Gasteiger partial charge on any atom is -0.490 e. The highest BCUT2D eigenvalue weighted by Gasteiger charge is 2.34. The summed E-state index contributed by atoms with van der Waals surface area (Å²) >= 11 is 2.92. The van der Waals surface area contributed by atoms with Gasteiger partial charge in [-0.3, -0.25) is 14.5 Å². The van der Waals surface area contributed by atoms with Crippen LogP contribution in [-0.2, 0) is 9.59 Å².